The summed E-state index contributed by atoms with van der Waals surface area (Å²) in [6.45, 7) is 3.85. The molecular formula is C27H37F2N5O3S2. The molecule has 2 saturated heterocycles. The van der Waals surface area contributed by atoms with E-state index in [0.717, 1.165) is 54.9 Å². The summed E-state index contributed by atoms with van der Waals surface area (Å²) >= 11 is 0.945. The van der Waals surface area contributed by atoms with Crippen LogP contribution in [0, 0.1) is 23.5 Å². The largest absolute Gasteiger partial charge is 0.382 e. The predicted octanol–water partition coefficient (Wildman–Crippen LogP) is 4.34. The number of halogens is 2. The Morgan fingerprint density at radius 3 is 2.46 bits per heavy atom. The Bertz CT molecular complexity index is 1260. The number of hydrogen-bond donors (Lipinski definition) is 2. The van der Waals surface area contributed by atoms with Crippen LogP contribution in [0.2, 0.25) is 0 Å². The molecule has 0 spiro atoms. The third-order valence-electron chi connectivity index (χ3n) is 8.48. The standard InChI is InChI=1S/C27H37F2N5O3S2/c28-21-7-3-8-22(29)23(21)24(35)25-26(30)32-27(38-25)31-20-10-14-34(15-11-20)39(36,37)16-4-12-33-13-9-18-5-1-2-6-19(18)17-33/h3,7-8,18-20H,1-2,4-6,9-17,30H2,(H,31,32). The number of carbonyl (C=O) groups is 1. The highest BCUT2D eigenvalue weighted by Gasteiger charge is 2.32. The number of sulfonamides is 1. The third-order valence-corrected chi connectivity index (χ3v) is 11.4. The van der Waals surface area contributed by atoms with Crippen molar-refractivity contribution in [1.82, 2.24) is 14.2 Å². The molecule has 2 aliphatic heterocycles. The predicted molar refractivity (Wildman–Crippen MR) is 149 cm³/mol. The summed E-state index contributed by atoms with van der Waals surface area (Å²) in [6, 6.07) is 3.19. The van der Waals surface area contributed by atoms with Crippen LogP contribution in [0.5, 0.6) is 0 Å². The number of piperidine rings is 2. The number of ketones is 1. The topological polar surface area (TPSA) is 109 Å². The van der Waals surface area contributed by atoms with Crippen LogP contribution in [0.4, 0.5) is 19.7 Å². The number of fused-ring (bicyclic) bond motifs is 1. The van der Waals surface area contributed by atoms with Crippen LogP contribution >= 0.6 is 11.3 Å². The number of carbonyl (C=O) groups excluding carboxylic acids is 1. The fourth-order valence-corrected chi connectivity index (χ4v) is 8.74. The van der Waals surface area contributed by atoms with Gasteiger partial charge in [0.25, 0.3) is 0 Å². The summed E-state index contributed by atoms with van der Waals surface area (Å²) in [4.78, 5) is 19.3. The Balaban J connectivity index is 1.09. The Morgan fingerprint density at radius 1 is 1.05 bits per heavy atom. The molecule has 3 aliphatic rings. The van der Waals surface area contributed by atoms with Gasteiger partial charge in [0.15, 0.2) is 5.13 Å². The molecule has 1 saturated carbocycles. The van der Waals surface area contributed by atoms with Crippen LogP contribution in [0.1, 0.15) is 66.6 Å². The number of aromatic nitrogens is 1. The first-order valence-corrected chi connectivity index (χ1v) is 16.4. The second-order valence-corrected chi connectivity index (χ2v) is 14.1. The van der Waals surface area contributed by atoms with E-state index in [0.29, 0.717) is 37.5 Å². The molecule has 12 heteroatoms. The molecule has 0 radical (unpaired) electrons. The first-order chi connectivity index (χ1) is 18.7. The van der Waals surface area contributed by atoms with Crippen LogP contribution in [-0.2, 0) is 10.0 Å². The van der Waals surface area contributed by atoms with Gasteiger partial charge in [0.1, 0.15) is 22.3 Å². The van der Waals surface area contributed by atoms with Gasteiger partial charge in [0, 0.05) is 25.7 Å². The van der Waals surface area contributed by atoms with Crippen LogP contribution in [-0.4, -0.2) is 72.9 Å². The smallest absolute Gasteiger partial charge is 0.214 e. The summed E-state index contributed by atoms with van der Waals surface area (Å²) in [5.74, 6) is -1.03. The number of hydrogen-bond acceptors (Lipinski definition) is 8. The molecular weight excluding hydrogens is 544 g/mol. The van der Waals surface area contributed by atoms with Crippen LogP contribution in [0.25, 0.3) is 0 Å². The van der Waals surface area contributed by atoms with Crippen molar-refractivity contribution in [2.45, 2.75) is 57.4 Å². The zero-order valence-corrected chi connectivity index (χ0v) is 23.7. The van der Waals surface area contributed by atoms with E-state index in [4.69, 9.17) is 5.73 Å². The second kappa shape index (κ2) is 12.2. The lowest BCUT2D eigenvalue weighted by atomic mass is 9.75. The minimum atomic E-state index is -3.33. The molecule has 2 atom stereocenters. The highest BCUT2D eigenvalue weighted by atomic mass is 32.2. The van der Waals surface area contributed by atoms with E-state index < -0.39 is 33.0 Å². The van der Waals surface area contributed by atoms with Gasteiger partial charge in [-0.05, 0) is 69.2 Å². The van der Waals surface area contributed by atoms with Crippen molar-refractivity contribution in [3.63, 3.8) is 0 Å². The lowest BCUT2D eigenvalue weighted by Gasteiger charge is -2.41. The molecule has 0 bridgehead atoms. The highest BCUT2D eigenvalue weighted by molar-refractivity contribution is 7.89. The number of nitrogens with zero attached hydrogens (tertiary/aromatic N) is 3. The number of nitrogens with one attached hydrogen (secondary N) is 1. The van der Waals surface area contributed by atoms with E-state index in [1.807, 2.05) is 0 Å². The highest BCUT2D eigenvalue weighted by Crippen LogP contribution is 2.36. The lowest BCUT2D eigenvalue weighted by Crippen LogP contribution is -2.44. The van der Waals surface area contributed by atoms with Crippen LogP contribution < -0.4 is 11.1 Å². The molecule has 1 aliphatic carbocycles. The maximum absolute atomic E-state index is 14.1. The first kappa shape index (κ1) is 28.4. The van der Waals surface area contributed by atoms with Gasteiger partial charge < -0.3 is 16.0 Å². The third kappa shape index (κ3) is 6.61. The number of likely N-dealkylation sites (tertiary alicyclic amines) is 1. The van der Waals surface area contributed by atoms with Gasteiger partial charge in [0.2, 0.25) is 15.8 Å². The summed E-state index contributed by atoms with van der Waals surface area (Å²) in [5.41, 5.74) is 5.24. The minimum absolute atomic E-state index is 0.0331. The summed E-state index contributed by atoms with van der Waals surface area (Å²) in [6.07, 6.45) is 8.43. The maximum atomic E-state index is 14.1. The SMILES string of the molecule is Nc1nc(NC2CCN(S(=O)(=O)CCCN3CCC4CCCCC4C3)CC2)sc1C(=O)c1c(F)cccc1F. The molecule has 3 heterocycles. The first-order valence-electron chi connectivity index (χ1n) is 13.9. The van der Waals surface area contributed by atoms with Crippen LogP contribution in [0.3, 0.4) is 0 Å². The molecule has 8 nitrogen and oxygen atoms in total. The van der Waals surface area contributed by atoms with Crippen molar-refractivity contribution in [3.05, 3.63) is 40.3 Å². The zero-order chi connectivity index (χ0) is 27.6. The summed E-state index contributed by atoms with van der Waals surface area (Å²) < 4.78 is 55.7. The maximum Gasteiger partial charge on any atom is 0.214 e. The average molecular weight is 582 g/mol. The van der Waals surface area contributed by atoms with Gasteiger partial charge in [-0.3, -0.25) is 4.79 Å². The summed E-state index contributed by atoms with van der Waals surface area (Å²) in [5, 5.41) is 3.59. The van der Waals surface area contributed by atoms with Crippen LogP contribution in [0.15, 0.2) is 18.2 Å². The minimum Gasteiger partial charge on any atom is -0.382 e. The monoisotopic (exact) mass is 581 g/mol. The van der Waals surface area contributed by atoms with E-state index >= 15 is 0 Å². The fraction of sp³-hybridized carbons (Fsp3) is 0.630. The summed E-state index contributed by atoms with van der Waals surface area (Å²) in [7, 11) is -3.33. The average Bonchev–Trinajstić information content (AvgIpc) is 3.28. The molecule has 0 amide bonds. The number of nitrogen functional groups attached to an aromatic ring is 1. The van der Waals surface area contributed by atoms with E-state index in [-0.39, 0.29) is 22.5 Å². The molecule has 1 aromatic heterocycles. The molecule has 2 aromatic rings. The number of benzene rings is 1. The normalized spacial score (nSPS) is 23.4. The van der Waals surface area contributed by atoms with Crippen molar-refractivity contribution in [2.75, 3.05) is 49.5 Å². The second-order valence-electron chi connectivity index (χ2n) is 11.0. The quantitative estimate of drug-likeness (QED) is 0.424. The van der Waals surface area contributed by atoms with Crippen molar-refractivity contribution in [3.8, 4) is 0 Å². The Hall–Kier alpha value is -2.15. The van der Waals surface area contributed by atoms with Crippen molar-refractivity contribution < 1.29 is 22.0 Å². The van der Waals surface area contributed by atoms with Crippen molar-refractivity contribution >= 4 is 38.1 Å². The Morgan fingerprint density at radius 2 is 1.74 bits per heavy atom. The molecule has 2 unspecified atom stereocenters. The number of nitrogens with two attached hydrogens (primary N) is 1. The Labute approximate surface area is 233 Å². The van der Waals surface area contributed by atoms with Crippen molar-refractivity contribution in [2.24, 2.45) is 11.8 Å². The van der Waals surface area contributed by atoms with Crippen molar-refractivity contribution in [1.29, 1.82) is 0 Å². The van der Waals surface area contributed by atoms with Gasteiger partial charge in [-0.2, -0.15) is 0 Å². The molecule has 39 heavy (non-hydrogen) atoms. The molecule has 1 aromatic carbocycles. The molecule has 5 rings (SSSR count). The van der Waals surface area contributed by atoms with E-state index in [2.05, 4.69) is 15.2 Å². The van der Waals surface area contributed by atoms with Gasteiger partial charge in [-0.15, -0.1) is 0 Å². The number of anilines is 2. The molecule has 3 fully saturated rings. The van der Waals surface area contributed by atoms with Gasteiger partial charge in [0.05, 0.1) is 11.3 Å². The van der Waals surface area contributed by atoms with E-state index in [1.165, 1.54) is 38.2 Å². The van der Waals surface area contributed by atoms with E-state index in [1.54, 1.807) is 4.31 Å². The number of thiazole rings is 1. The van der Waals surface area contributed by atoms with Gasteiger partial charge >= 0.3 is 0 Å². The molecule has 3 N–H and O–H groups in total. The zero-order valence-electron chi connectivity index (χ0n) is 22.1. The van der Waals surface area contributed by atoms with Gasteiger partial charge in [-0.25, -0.2) is 26.5 Å². The number of rotatable bonds is 9. The van der Waals surface area contributed by atoms with Gasteiger partial charge in [-0.1, -0.05) is 36.7 Å². The fourth-order valence-electron chi connectivity index (χ4n) is 6.32. The molecule has 214 valence electrons. The lowest BCUT2D eigenvalue weighted by molar-refractivity contribution is 0.0871. The van der Waals surface area contributed by atoms with E-state index in [9.17, 15) is 22.0 Å². The Kier molecular flexibility index (Phi) is 8.85.